The number of hydrogen-bond acceptors (Lipinski definition) is 3. The molecule has 0 saturated carbocycles. The van der Waals surface area contributed by atoms with E-state index in [0.29, 0.717) is 0 Å². The summed E-state index contributed by atoms with van der Waals surface area (Å²) in [6.07, 6.45) is 1.81. The summed E-state index contributed by atoms with van der Waals surface area (Å²) in [4.78, 5) is 0. The van der Waals surface area contributed by atoms with E-state index in [1.807, 2.05) is 36.0 Å². The highest BCUT2D eigenvalue weighted by Crippen LogP contribution is 2.12. The molecule has 0 spiro atoms. The first-order valence-electron chi connectivity index (χ1n) is 6.10. The third-order valence-electron chi connectivity index (χ3n) is 3.09. The van der Waals surface area contributed by atoms with Gasteiger partial charge < -0.3 is 10.4 Å². The lowest BCUT2D eigenvalue weighted by Crippen LogP contribution is -2.20. The van der Waals surface area contributed by atoms with Crippen LogP contribution in [0.25, 0.3) is 0 Å². The maximum Gasteiger partial charge on any atom is 0.0681 e. The molecular weight excluding hydrogens is 226 g/mol. The first kappa shape index (κ1) is 12.8. The van der Waals surface area contributed by atoms with Crippen LogP contribution >= 0.6 is 0 Å². The van der Waals surface area contributed by atoms with Gasteiger partial charge >= 0.3 is 0 Å². The predicted octanol–water partition coefficient (Wildman–Crippen LogP) is 1.76. The van der Waals surface area contributed by atoms with Crippen LogP contribution in [0.3, 0.4) is 0 Å². The van der Waals surface area contributed by atoms with Crippen LogP contribution in [0.4, 0.5) is 0 Å². The molecule has 0 aliphatic carbocycles. The highest BCUT2D eigenvalue weighted by atomic mass is 16.3. The molecule has 4 nitrogen and oxygen atoms in total. The molecule has 2 N–H and O–H groups in total. The average Bonchev–Trinajstić information content (AvgIpc) is 2.82. The number of hydrogen-bond donors (Lipinski definition) is 2. The van der Waals surface area contributed by atoms with Crippen molar-refractivity contribution in [1.82, 2.24) is 15.1 Å². The van der Waals surface area contributed by atoms with Crippen LogP contribution < -0.4 is 5.32 Å². The minimum Gasteiger partial charge on any atom is -0.392 e. The summed E-state index contributed by atoms with van der Waals surface area (Å²) in [5, 5.41) is 16.7. The number of rotatable bonds is 5. The quantitative estimate of drug-likeness (QED) is 0.844. The number of benzene rings is 1. The molecule has 1 heterocycles. The van der Waals surface area contributed by atoms with E-state index in [-0.39, 0.29) is 12.6 Å². The van der Waals surface area contributed by atoms with Crippen LogP contribution in [0.5, 0.6) is 0 Å². The van der Waals surface area contributed by atoms with Crippen molar-refractivity contribution >= 4 is 0 Å². The van der Waals surface area contributed by atoms with E-state index in [2.05, 4.69) is 23.4 Å². The van der Waals surface area contributed by atoms with Gasteiger partial charge in [-0.3, -0.25) is 4.68 Å². The van der Waals surface area contributed by atoms with Crippen LogP contribution in [-0.2, 0) is 20.2 Å². The van der Waals surface area contributed by atoms with E-state index < -0.39 is 0 Å². The molecule has 0 radical (unpaired) electrons. The van der Waals surface area contributed by atoms with E-state index >= 15 is 0 Å². The molecule has 4 heteroatoms. The third-order valence-corrected chi connectivity index (χ3v) is 3.09. The molecule has 0 saturated heterocycles. The Balaban J connectivity index is 1.97. The summed E-state index contributed by atoms with van der Waals surface area (Å²) in [5.41, 5.74) is 3.28. The van der Waals surface area contributed by atoms with Crippen molar-refractivity contribution in [2.45, 2.75) is 26.1 Å². The maximum atomic E-state index is 9.09. The molecule has 96 valence electrons. The smallest absolute Gasteiger partial charge is 0.0681 e. The molecule has 1 atom stereocenters. The first-order valence-corrected chi connectivity index (χ1v) is 6.10. The molecule has 2 aromatic rings. The van der Waals surface area contributed by atoms with E-state index in [9.17, 15) is 0 Å². The van der Waals surface area contributed by atoms with Gasteiger partial charge in [0.15, 0.2) is 0 Å². The molecular formula is C14H19N3O. The summed E-state index contributed by atoms with van der Waals surface area (Å²) in [6, 6.07) is 10.2. The highest BCUT2D eigenvalue weighted by molar-refractivity contribution is 5.23. The number of nitrogens with one attached hydrogen (secondary N) is 1. The minimum absolute atomic E-state index is 0.0884. The molecule has 0 fully saturated rings. The van der Waals surface area contributed by atoms with Crippen LogP contribution in [0, 0.1) is 0 Å². The van der Waals surface area contributed by atoms with Gasteiger partial charge in [0.2, 0.25) is 0 Å². The van der Waals surface area contributed by atoms with Crippen molar-refractivity contribution in [2.24, 2.45) is 7.05 Å². The van der Waals surface area contributed by atoms with Gasteiger partial charge in [0.1, 0.15) is 0 Å². The Morgan fingerprint density at radius 3 is 2.78 bits per heavy atom. The summed E-state index contributed by atoms with van der Waals surface area (Å²) < 4.78 is 1.88. The van der Waals surface area contributed by atoms with Crippen LogP contribution in [0.1, 0.15) is 29.8 Å². The highest BCUT2D eigenvalue weighted by Gasteiger charge is 2.08. The lowest BCUT2D eigenvalue weighted by molar-refractivity contribution is 0.281. The van der Waals surface area contributed by atoms with Gasteiger partial charge in [0, 0.05) is 25.8 Å². The van der Waals surface area contributed by atoms with Gasteiger partial charge in [-0.2, -0.15) is 5.10 Å². The predicted molar refractivity (Wildman–Crippen MR) is 70.8 cm³/mol. The molecule has 1 unspecified atom stereocenters. The molecule has 0 aliphatic heterocycles. The number of aryl methyl sites for hydroxylation is 1. The zero-order valence-electron chi connectivity index (χ0n) is 10.8. The van der Waals surface area contributed by atoms with Gasteiger partial charge in [0.25, 0.3) is 0 Å². The number of aliphatic hydroxyl groups is 1. The van der Waals surface area contributed by atoms with Gasteiger partial charge in [-0.1, -0.05) is 24.3 Å². The fourth-order valence-electron chi connectivity index (χ4n) is 2.02. The van der Waals surface area contributed by atoms with Crippen molar-refractivity contribution in [3.05, 3.63) is 53.3 Å². The Morgan fingerprint density at radius 2 is 2.11 bits per heavy atom. The van der Waals surface area contributed by atoms with Gasteiger partial charge in [0.05, 0.1) is 12.3 Å². The standard InChI is InChI=1S/C14H19N3O/c1-11(14-6-7-16-17(14)2)15-9-12-4-3-5-13(8-12)10-18/h3-8,11,15,18H,9-10H2,1-2H3. The van der Waals surface area contributed by atoms with E-state index in [4.69, 9.17) is 5.11 Å². The Bertz CT molecular complexity index is 507. The molecule has 1 aromatic carbocycles. The topological polar surface area (TPSA) is 50.1 Å². The van der Waals surface area contributed by atoms with Gasteiger partial charge in [-0.25, -0.2) is 0 Å². The molecule has 18 heavy (non-hydrogen) atoms. The van der Waals surface area contributed by atoms with Crippen molar-refractivity contribution in [3.63, 3.8) is 0 Å². The zero-order valence-corrected chi connectivity index (χ0v) is 10.8. The normalized spacial score (nSPS) is 12.6. The van der Waals surface area contributed by atoms with E-state index in [1.54, 1.807) is 6.20 Å². The van der Waals surface area contributed by atoms with Crippen LogP contribution in [0.15, 0.2) is 36.5 Å². The van der Waals surface area contributed by atoms with E-state index in [1.165, 1.54) is 5.56 Å². The monoisotopic (exact) mass is 245 g/mol. The van der Waals surface area contributed by atoms with Crippen LogP contribution in [0.2, 0.25) is 0 Å². The molecule has 0 amide bonds. The van der Waals surface area contributed by atoms with Gasteiger partial charge in [-0.15, -0.1) is 0 Å². The SMILES string of the molecule is CC(NCc1cccc(CO)c1)c1ccnn1C. The summed E-state index contributed by atoms with van der Waals surface area (Å²) in [5.74, 6) is 0. The maximum absolute atomic E-state index is 9.09. The zero-order chi connectivity index (χ0) is 13.0. The second-order valence-corrected chi connectivity index (χ2v) is 4.46. The lowest BCUT2D eigenvalue weighted by Gasteiger charge is -2.14. The van der Waals surface area contributed by atoms with Crippen molar-refractivity contribution in [3.8, 4) is 0 Å². The second kappa shape index (κ2) is 5.80. The largest absolute Gasteiger partial charge is 0.392 e. The van der Waals surface area contributed by atoms with Crippen LogP contribution in [-0.4, -0.2) is 14.9 Å². The first-order chi connectivity index (χ1) is 8.70. The molecule has 0 bridgehead atoms. The fourth-order valence-corrected chi connectivity index (χ4v) is 2.02. The van der Waals surface area contributed by atoms with Crippen molar-refractivity contribution < 1.29 is 5.11 Å². The second-order valence-electron chi connectivity index (χ2n) is 4.46. The fraction of sp³-hybridized carbons (Fsp3) is 0.357. The lowest BCUT2D eigenvalue weighted by atomic mass is 10.1. The Kier molecular flexibility index (Phi) is 4.12. The molecule has 2 rings (SSSR count). The summed E-state index contributed by atoms with van der Waals surface area (Å²) in [7, 11) is 1.94. The molecule has 1 aromatic heterocycles. The number of aromatic nitrogens is 2. The van der Waals surface area contributed by atoms with Crippen molar-refractivity contribution in [2.75, 3.05) is 0 Å². The Labute approximate surface area is 107 Å². The summed E-state index contributed by atoms with van der Waals surface area (Å²) in [6.45, 7) is 2.98. The minimum atomic E-state index is 0.0884. The van der Waals surface area contributed by atoms with E-state index in [0.717, 1.165) is 17.8 Å². The molecule has 0 aliphatic rings. The summed E-state index contributed by atoms with van der Waals surface area (Å²) >= 11 is 0. The Hall–Kier alpha value is -1.65. The number of aliphatic hydroxyl groups excluding tert-OH is 1. The average molecular weight is 245 g/mol. The number of nitrogens with zero attached hydrogens (tertiary/aromatic N) is 2. The third kappa shape index (κ3) is 2.97. The Morgan fingerprint density at radius 1 is 1.33 bits per heavy atom. The van der Waals surface area contributed by atoms with Gasteiger partial charge in [-0.05, 0) is 24.1 Å². The van der Waals surface area contributed by atoms with Crippen molar-refractivity contribution in [1.29, 1.82) is 0 Å².